The Hall–Kier alpha value is -0.870. The van der Waals surface area contributed by atoms with Crippen molar-refractivity contribution in [2.75, 3.05) is 0 Å². The van der Waals surface area contributed by atoms with Gasteiger partial charge in [0, 0.05) is 4.47 Å². The molecule has 16 heavy (non-hydrogen) atoms. The van der Waals surface area contributed by atoms with E-state index in [9.17, 15) is 4.79 Å². The molecule has 88 valence electrons. The fourth-order valence-corrected chi connectivity index (χ4v) is 2.03. The van der Waals surface area contributed by atoms with Crippen molar-refractivity contribution < 1.29 is 9.90 Å². The zero-order valence-electron chi connectivity index (χ0n) is 9.40. The Morgan fingerprint density at radius 3 is 2.56 bits per heavy atom. The quantitative estimate of drug-likeness (QED) is 0.894. The van der Waals surface area contributed by atoms with E-state index in [1.165, 1.54) is 5.56 Å². The van der Waals surface area contributed by atoms with Crippen molar-refractivity contribution in [3.05, 3.63) is 33.8 Å². The molecule has 0 saturated carbocycles. The first-order chi connectivity index (χ1) is 7.40. The molecule has 0 saturated heterocycles. The minimum absolute atomic E-state index is 0.356. The van der Waals surface area contributed by atoms with Gasteiger partial charge < -0.3 is 10.8 Å². The third-order valence-corrected chi connectivity index (χ3v) is 2.88. The third-order valence-electron chi connectivity index (χ3n) is 2.42. The van der Waals surface area contributed by atoms with E-state index in [1.807, 2.05) is 18.2 Å². The summed E-state index contributed by atoms with van der Waals surface area (Å²) in [6, 6.07) is 5.13. The molecule has 1 aromatic rings. The van der Waals surface area contributed by atoms with Crippen LogP contribution in [0.15, 0.2) is 22.7 Å². The maximum atomic E-state index is 10.7. The van der Waals surface area contributed by atoms with Crippen molar-refractivity contribution in [2.24, 2.45) is 5.73 Å². The van der Waals surface area contributed by atoms with Gasteiger partial charge in [0.25, 0.3) is 0 Å². The van der Waals surface area contributed by atoms with Gasteiger partial charge >= 0.3 is 5.97 Å². The van der Waals surface area contributed by atoms with E-state index in [2.05, 4.69) is 29.8 Å². The summed E-state index contributed by atoms with van der Waals surface area (Å²) in [4.78, 5) is 10.7. The van der Waals surface area contributed by atoms with E-state index in [0.29, 0.717) is 12.3 Å². The number of carboxylic acid groups (broad SMARTS) is 1. The highest BCUT2D eigenvalue weighted by molar-refractivity contribution is 9.10. The number of rotatable bonds is 4. The van der Waals surface area contributed by atoms with Crippen LogP contribution in [0.5, 0.6) is 0 Å². The van der Waals surface area contributed by atoms with Crippen LogP contribution in [0, 0.1) is 0 Å². The number of carbonyl (C=O) groups is 1. The second-order valence-corrected chi connectivity index (χ2v) is 5.11. The molecule has 1 rings (SSSR count). The summed E-state index contributed by atoms with van der Waals surface area (Å²) in [5.41, 5.74) is 7.64. The van der Waals surface area contributed by atoms with Crippen LogP contribution in [-0.2, 0) is 11.2 Å². The fraction of sp³-hybridized carbons (Fsp3) is 0.417. The van der Waals surface area contributed by atoms with E-state index in [-0.39, 0.29) is 0 Å². The van der Waals surface area contributed by atoms with Gasteiger partial charge in [0.05, 0.1) is 0 Å². The molecular formula is C12H16BrNO2. The molecular weight excluding hydrogens is 270 g/mol. The fourth-order valence-electron chi connectivity index (χ4n) is 1.47. The van der Waals surface area contributed by atoms with Crippen molar-refractivity contribution in [3.8, 4) is 0 Å². The van der Waals surface area contributed by atoms with Crippen LogP contribution in [0.25, 0.3) is 0 Å². The molecule has 0 radical (unpaired) electrons. The summed E-state index contributed by atoms with van der Waals surface area (Å²) in [5, 5.41) is 8.75. The Morgan fingerprint density at radius 2 is 2.06 bits per heavy atom. The summed E-state index contributed by atoms with van der Waals surface area (Å²) < 4.78 is 0.964. The average Bonchev–Trinajstić information content (AvgIpc) is 2.16. The second kappa shape index (κ2) is 5.46. The predicted molar refractivity (Wildman–Crippen MR) is 67.5 cm³/mol. The zero-order valence-corrected chi connectivity index (χ0v) is 11.0. The van der Waals surface area contributed by atoms with Crippen LogP contribution >= 0.6 is 15.9 Å². The van der Waals surface area contributed by atoms with Crippen molar-refractivity contribution in [1.29, 1.82) is 0 Å². The molecule has 3 nitrogen and oxygen atoms in total. The summed E-state index contributed by atoms with van der Waals surface area (Å²) >= 11 is 3.42. The summed E-state index contributed by atoms with van der Waals surface area (Å²) in [7, 11) is 0. The first-order valence-corrected chi connectivity index (χ1v) is 5.97. The van der Waals surface area contributed by atoms with E-state index >= 15 is 0 Å². The van der Waals surface area contributed by atoms with Gasteiger partial charge in [-0.25, -0.2) is 0 Å². The molecule has 0 aromatic heterocycles. The first-order valence-electron chi connectivity index (χ1n) is 5.18. The van der Waals surface area contributed by atoms with Crippen molar-refractivity contribution >= 4 is 21.9 Å². The van der Waals surface area contributed by atoms with Gasteiger partial charge in [0.15, 0.2) is 0 Å². The molecule has 0 amide bonds. The average molecular weight is 286 g/mol. The molecule has 1 unspecified atom stereocenters. The monoisotopic (exact) mass is 285 g/mol. The molecule has 0 aliphatic rings. The number of carboxylic acids is 1. The minimum atomic E-state index is -0.967. The Labute approximate surface area is 104 Å². The van der Waals surface area contributed by atoms with Gasteiger partial charge in [-0.1, -0.05) is 35.8 Å². The third kappa shape index (κ3) is 3.61. The Balaban J connectivity index is 2.92. The predicted octanol–water partition coefficient (Wildman–Crippen LogP) is 2.53. The lowest BCUT2D eigenvalue weighted by atomic mass is 9.98. The molecule has 0 aliphatic carbocycles. The van der Waals surface area contributed by atoms with Gasteiger partial charge in [-0.2, -0.15) is 0 Å². The minimum Gasteiger partial charge on any atom is -0.480 e. The molecule has 1 aromatic carbocycles. The lowest BCUT2D eigenvalue weighted by Crippen LogP contribution is -2.32. The van der Waals surface area contributed by atoms with Crippen molar-refractivity contribution in [3.63, 3.8) is 0 Å². The van der Waals surface area contributed by atoms with Gasteiger partial charge in [-0.15, -0.1) is 0 Å². The van der Waals surface area contributed by atoms with Crippen LogP contribution in [0.1, 0.15) is 30.9 Å². The largest absolute Gasteiger partial charge is 0.480 e. The van der Waals surface area contributed by atoms with E-state index in [1.54, 1.807) is 0 Å². The number of hydrogen-bond donors (Lipinski definition) is 2. The second-order valence-electron chi connectivity index (χ2n) is 4.20. The number of benzene rings is 1. The molecule has 4 heteroatoms. The number of halogens is 1. The summed E-state index contributed by atoms with van der Waals surface area (Å²) in [6.45, 7) is 4.20. The van der Waals surface area contributed by atoms with E-state index in [4.69, 9.17) is 10.8 Å². The van der Waals surface area contributed by atoms with Gasteiger partial charge in [-0.3, -0.25) is 4.79 Å². The normalized spacial score (nSPS) is 12.8. The Bertz CT molecular complexity index is 391. The van der Waals surface area contributed by atoms with Gasteiger partial charge in [0.1, 0.15) is 6.04 Å². The maximum absolute atomic E-state index is 10.7. The summed E-state index contributed by atoms with van der Waals surface area (Å²) in [5.74, 6) is -0.552. The molecule has 1 atom stereocenters. The van der Waals surface area contributed by atoms with E-state index in [0.717, 1.165) is 10.0 Å². The van der Waals surface area contributed by atoms with Crippen LogP contribution in [0.3, 0.4) is 0 Å². The molecule has 3 N–H and O–H groups in total. The SMILES string of the molecule is CC(C)c1cc(Br)cc(CC(N)C(=O)O)c1. The molecule has 0 heterocycles. The maximum Gasteiger partial charge on any atom is 0.320 e. The standard InChI is InChI=1S/C12H16BrNO2/c1-7(2)9-3-8(4-10(13)6-9)5-11(14)12(15)16/h3-4,6-7,11H,5,14H2,1-2H3,(H,15,16). The van der Waals surface area contributed by atoms with Crippen molar-refractivity contribution in [1.82, 2.24) is 0 Å². The lowest BCUT2D eigenvalue weighted by Gasteiger charge is -2.11. The van der Waals surface area contributed by atoms with Crippen LogP contribution in [0.4, 0.5) is 0 Å². The van der Waals surface area contributed by atoms with Gasteiger partial charge in [0.2, 0.25) is 0 Å². The molecule has 0 bridgehead atoms. The number of aliphatic carboxylic acids is 1. The highest BCUT2D eigenvalue weighted by atomic mass is 79.9. The highest BCUT2D eigenvalue weighted by Crippen LogP contribution is 2.22. The van der Waals surface area contributed by atoms with Gasteiger partial charge in [-0.05, 0) is 35.6 Å². The summed E-state index contributed by atoms with van der Waals surface area (Å²) in [6.07, 6.45) is 0.356. The highest BCUT2D eigenvalue weighted by Gasteiger charge is 2.13. The van der Waals surface area contributed by atoms with E-state index < -0.39 is 12.0 Å². The first kappa shape index (κ1) is 13.2. The topological polar surface area (TPSA) is 63.3 Å². The lowest BCUT2D eigenvalue weighted by molar-refractivity contribution is -0.138. The van der Waals surface area contributed by atoms with Crippen LogP contribution in [-0.4, -0.2) is 17.1 Å². The van der Waals surface area contributed by atoms with Crippen LogP contribution in [0.2, 0.25) is 0 Å². The number of nitrogens with two attached hydrogens (primary N) is 1. The number of hydrogen-bond acceptors (Lipinski definition) is 2. The smallest absolute Gasteiger partial charge is 0.320 e. The zero-order chi connectivity index (χ0) is 12.3. The Kier molecular flexibility index (Phi) is 4.50. The van der Waals surface area contributed by atoms with Crippen LogP contribution < -0.4 is 5.73 Å². The molecule has 0 aliphatic heterocycles. The van der Waals surface area contributed by atoms with Crippen molar-refractivity contribution in [2.45, 2.75) is 32.2 Å². The molecule has 0 fully saturated rings. The molecule has 0 spiro atoms. The Morgan fingerprint density at radius 1 is 1.44 bits per heavy atom.